The van der Waals surface area contributed by atoms with Crippen molar-refractivity contribution in [1.29, 1.82) is 5.26 Å². The number of rotatable bonds is 5. The van der Waals surface area contributed by atoms with Gasteiger partial charge in [-0.25, -0.2) is 13.2 Å². The highest BCUT2D eigenvalue weighted by Gasteiger charge is 2.22. The molecule has 1 rings (SSSR count). The molecule has 0 bridgehead atoms. The van der Waals surface area contributed by atoms with E-state index in [4.69, 9.17) is 10.4 Å². The molecule has 1 amide bonds. The molecule has 20 heavy (non-hydrogen) atoms. The van der Waals surface area contributed by atoms with E-state index in [0.717, 1.165) is 6.07 Å². The van der Waals surface area contributed by atoms with E-state index in [-0.39, 0.29) is 17.0 Å². The van der Waals surface area contributed by atoms with E-state index in [0.29, 0.717) is 5.56 Å². The fraction of sp³-hybridized carbons (Fsp3) is 0.250. The number of nitriles is 1. The van der Waals surface area contributed by atoms with Crippen molar-refractivity contribution in [3.05, 3.63) is 29.3 Å². The van der Waals surface area contributed by atoms with Gasteiger partial charge in [0.25, 0.3) is 0 Å². The summed E-state index contributed by atoms with van der Waals surface area (Å²) in [6, 6.07) is 5.32. The maximum Gasteiger partial charge on any atom is 0.335 e. The molecule has 0 saturated heterocycles. The largest absolute Gasteiger partial charge is 0.478 e. The topological polar surface area (TPSA) is 124 Å². The van der Waals surface area contributed by atoms with Crippen LogP contribution in [0.4, 0.5) is 0 Å². The molecule has 0 aliphatic carbocycles. The first-order valence-corrected chi connectivity index (χ1v) is 7.13. The molecule has 0 aromatic heterocycles. The van der Waals surface area contributed by atoms with Crippen LogP contribution in [0.2, 0.25) is 0 Å². The lowest BCUT2D eigenvalue weighted by atomic mass is 10.1. The molecule has 0 aliphatic heterocycles. The number of carboxylic acid groups (broad SMARTS) is 1. The minimum absolute atomic E-state index is 0.174. The molecule has 2 N–H and O–H groups in total. The smallest absolute Gasteiger partial charge is 0.335 e. The quantitative estimate of drug-likeness (QED) is 0.743. The predicted molar refractivity (Wildman–Crippen MR) is 68.8 cm³/mol. The number of sulfone groups is 1. The first-order chi connectivity index (χ1) is 9.27. The number of carbonyl (C=O) groups excluding carboxylic acids is 1. The number of hydrogen-bond donors (Lipinski definition) is 2. The number of nitrogens with zero attached hydrogens (tertiary/aromatic N) is 1. The number of aryl methyl sites for hydroxylation is 1. The summed E-state index contributed by atoms with van der Waals surface area (Å²) in [4.78, 5) is 22.0. The maximum atomic E-state index is 12.1. The molecule has 8 heteroatoms. The molecule has 7 nitrogen and oxygen atoms in total. The third-order valence-electron chi connectivity index (χ3n) is 2.46. The summed E-state index contributed by atoms with van der Waals surface area (Å²) in [6.07, 6.45) is 0. The van der Waals surface area contributed by atoms with Crippen LogP contribution in [-0.2, 0) is 14.6 Å². The molecule has 0 radical (unpaired) electrons. The number of carbonyl (C=O) groups is 2. The van der Waals surface area contributed by atoms with Crippen LogP contribution in [0.3, 0.4) is 0 Å². The van der Waals surface area contributed by atoms with Gasteiger partial charge in [0.1, 0.15) is 12.3 Å². The summed E-state index contributed by atoms with van der Waals surface area (Å²) in [7, 11) is -3.96. The van der Waals surface area contributed by atoms with Crippen LogP contribution in [0.15, 0.2) is 23.1 Å². The van der Waals surface area contributed by atoms with Gasteiger partial charge in [-0.15, -0.1) is 0 Å². The number of nitrogens with one attached hydrogen (secondary N) is 1. The number of carboxylic acids is 1. The van der Waals surface area contributed by atoms with E-state index in [1.807, 2.05) is 0 Å². The molecule has 0 heterocycles. The second kappa shape index (κ2) is 6.16. The van der Waals surface area contributed by atoms with E-state index in [9.17, 15) is 18.0 Å². The highest BCUT2D eigenvalue weighted by molar-refractivity contribution is 7.92. The van der Waals surface area contributed by atoms with Crippen molar-refractivity contribution in [3.8, 4) is 6.07 Å². The first-order valence-electron chi connectivity index (χ1n) is 5.48. The Hall–Kier alpha value is -2.40. The molecular formula is C12H12N2O5S. The Balaban J connectivity index is 3.09. The standard InChI is InChI=1S/C12H12N2O5S/c1-8-2-3-9(12(16)17)6-10(8)20(18,19)7-11(15)14-5-4-13/h2-3,6H,5,7H2,1H3,(H,14,15)(H,16,17). The van der Waals surface area contributed by atoms with E-state index in [1.165, 1.54) is 19.1 Å². The lowest BCUT2D eigenvalue weighted by Crippen LogP contribution is -2.30. The van der Waals surface area contributed by atoms with Gasteiger partial charge in [0.2, 0.25) is 5.91 Å². The summed E-state index contributed by atoms with van der Waals surface area (Å²) in [5.74, 6) is -2.90. The van der Waals surface area contributed by atoms with Crippen LogP contribution in [-0.4, -0.2) is 37.7 Å². The maximum absolute atomic E-state index is 12.1. The lowest BCUT2D eigenvalue weighted by molar-refractivity contribution is -0.118. The number of aromatic carboxylic acids is 1. The highest BCUT2D eigenvalue weighted by Crippen LogP contribution is 2.18. The summed E-state index contributed by atoms with van der Waals surface area (Å²) in [5.41, 5.74) is 0.176. The van der Waals surface area contributed by atoms with E-state index >= 15 is 0 Å². The summed E-state index contributed by atoms with van der Waals surface area (Å²) >= 11 is 0. The van der Waals surface area contributed by atoms with Crippen LogP contribution >= 0.6 is 0 Å². The SMILES string of the molecule is Cc1ccc(C(=O)O)cc1S(=O)(=O)CC(=O)NCC#N. The number of amides is 1. The zero-order chi connectivity index (χ0) is 15.3. The first kappa shape index (κ1) is 15.7. The molecule has 0 atom stereocenters. The van der Waals surface area contributed by atoms with Crippen molar-refractivity contribution in [3.63, 3.8) is 0 Å². The molecule has 1 aromatic rings. The van der Waals surface area contributed by atoms with Gasteiger partial charge in [-0.2, -0.15) is 5.26 Å². The van der Waals surface area contributed by atoms with E-state index in [2.05, 4.69) is 5.32 Å². The third kappa shape index (κ3) is 3.80. The Morgan fingerprint density at radius 3 is 2.60 bits per heavy atom. The Morgan fingerprint density at radius 1 is 1.40 bits per heavy atom. The Labute approximate surface area is 115 Å². The third-order valence-corrected chi connectivity index (χ3v) is 4.21. The molecule has 0 aliphatic rings. The highest BCUT2D eigenvalue weighted by atomic mass is 32.2. The van der Waals surface area contributed by atoms with Gasteiger partial charge in [0, 0.05) is 0 Å². The van der Waals surface area contributed by atoms with Crippen LogP contribution < -0.4 is 5.32 Å². The van der Waals surface area contributed by atoms with Gasteiger partial charge in [-0.3, -0.25) is 4.79 Å². The zero-order valence-corrected chi connectivity index (χ0v) is 11.4. The monoisotopic (exact) mass is 296 g/mol. The average molecular weight is 296 g/mol. The zero-order valence-electron chi connectivity index (χ0n) is 10.6. The van der Waals surface area contributed by atoms with Crippen molar-refractivity contribution in [2.45, 2.75) is 11.8 Å². The molecule has 106 valence electrons. The molecule has 0 spiro atoms. The summed E-state index contributed by atoms with van der Waals surface area (Å²) < 4.78 is 24.1. The Bertz CT molecular complexity index is 688. The minimum atomic E-state index is -3.96. The van der Waals surface area contributed by atoms with Gasteiger partial charge >= 0.3 is 5.97 Å². The van der Waals surface area contributed by atoms with Gasteiger partial charge in [0.05, 0.1) is 16.5 Å². The van der Waals surface area contributed by atoms with Crippen molar-refractivity contribution in [2.75, 3.05) is 12.3 Å². The van der Waals surface area contributed by atoms with Crippen molar-refractivity contribution in [1.82, 2.24) is 5.32 Å². The lowest BCUT2D eigenvalue weighted by Gasteiger charge is -2.08. The predicted octanol–water partition coefficient (Wildman–Crippen LogP) is 0.107. The van der Waals surface area contributed by atoms with Crippen molar-refractivity contribution < 1.29 is 23.1 Å². The van der Waals surface area contributed by atoms with Gasteiger partial charge < -0.3 is 10.4 Å². The second-order valence-electron chi connectivity index (χ2n) is 3.98. The minimum Gasteiger partial charge on any atom is -0.478 e. The average Bonchev–Trinajstić information content (AvgIpc) is 2.35. The van der Waals surface area contributed by atoms with Crippen LogP contribution in [0.25, 0.3) is 0 Å². The van der Waals surface area contributed by atoms with Crippen LogP contribution in [0, 0.1) is 18.3 Å². The fourth-order valence-corrected chi connectivity index (χ4v) is 2.98. The van der Waals surface area contributed by atoms with E-state index < -0.39 is 27.5 Å². The van der Waals surface area contributed by atoms with E-state index in [1.54, 1.807) is 6.07 Å². The molecular weight excluding hydrogens is 284 g/mol. The van der Waals surface area contributed by atoms with Crippen LogP contribution in [0.5, 0.6) is 0 Å². The van der Waals surface area contributed by atoms with Gasteiger partial charge in [-0.1, -0.05) is 6.07 Å². The van der Waals surface area contributed by atoms with Gasteiger partial charge in [0.15, 0.2) is 9.84 Å². The Morgan fingerprint density at radius 2 is 2.05 bits per heavy atom. The number of hydrogen-bond acceptors (Lipinski definition) is 5. The van der Waals surface area contributed by atoms with Crippen LogP contribution in [0.1, 0.15) is 15.9 Å². The Kier molecular flexibility index (Phi) is 4.83. The normalized spacial score (nSPS) is 10.6. The van der Waals surface area contributed by atoms with Crippen molar-refractivity contribution in [2.24, 2.45) is 0 Å². The second-order valence-corrected chi connectivity index (χ2v) is 5.94. The summed E-state index contributed by atoms with van der Waals surface area (Å²) in [5, 5.41) is 19.3. The van der Waals surface area contributed by atoms with Gasteiger partial charge in [-0.05, 0) is 24.6 Å². The molecule has 0 saturated carbocycles. The molecule has 0 fully saturated rings. The van der Waals surface area contributed by atoms with Crippen molar-refractivity contribution >= 4 is 21.7 Å². The summed E-state index contributed by atoms with van der Waals surface area (Å²) in [6.45, 7) is 1.22. The number of benzene rings is 1. The molecule has 1 aromatic carbocycles. The fourth-order valence-electron chi connectivity index (χ4n) is 1.51. The molecule has 0 unspecified atom stereocenters.